The molecule has 0 saturated carbocycles. The molecule has 0 saturated heterocycles. The van der Waals surface area contributed by atoms with E-state index in [-0.39, 0.29) is 10.7 Å². The zero-order valence-corrected chi connectivity index (χ0v) is 17.8. The van der Waals surface area contributed by atoms with Crippen molar-refractivity contribution >= 4 is 23.8 Å². The van der Waals surface area contributed by atoms with Gasteiger partial charge in [0.2, 0.25) is 0 Å². The van der Waals surface area contributed by atoms with Crippen LogP contribution in [0.3, 0.4) is 0 Å². The fourth-order valence-corrected chi connectivity index (χ4v) is 4.57. The van der Waals surface area contributed by atoms with Crippen molar-refractivity contribution in [3.8, 4) is 0 Å². The zero-order chi connectivity index (χ0) is 19.3. The topological polar surface area (TPSA) is 0 Å². The first-order chi connectivity index (χ1) is 10.4. The van der Waals surface area contributed by atoms with Gasteiger partial charge in [0.05, 0.1) is 0 Å². The van der Waals surface area contributed by atoms with Gasteiger partial charge in [-0.25, -0.2) is 0 Å². The number of alkyl halides is 3. The highest BCUT2D eigenvalue weighted by atomic mass is 35.7. The van der Waals surface area contributed by atoms with E-state index in [1.807, 2.05) is 53.7 Å². The van der Waals surface area contributed by atoms with Crippen molar-refractivity contribution in [3.05, 3.63) is 28.8 Å². The van der Waals surface area contributed by atoms with Gasteiger partial charge < -0.3 is 0 Å². The number of benzene rings is 1. The predicted molar refractivity (Wildman–Crippen MR) is 101 cm³/mol. The van der Waals surface area contributed by atoms with Crippen LogP contribution in [0.15, 0.2) is 12.1 Å². The summed E-state index contributed by atoms with van der Waals surface area (Å²) in [7, 11) is -2.76. The van der Waals surface area contributed by atoms with E-state index in [2.05, 4.69) is 20.8 Å². The normalized spacial score (nSPS) is 15.5. The van der Waals surface area contributed by atoms with E-state index in [0.29, 0.717) is 11.1 Å². The largest absolute Gasteiger partial charge is 0.423 e. The minimum atomic E-state index is -4.42. The molecule has 0 aromatic heterocycles. The molecule has 1 rings (SSSR count). The third kappa shape index (κ3) is 4.88. The summed E-state index contributed by atoms with van der Waals surface area (Å²) in [6.45, 7) is 17.9. The average Bonchev–Trinajstić information content (AvgIpc) is 2.31. The van der Waals surface area contributed by atoms with Crippen molar-refractivity contribution in [3.63, 3.8) is 0 Å². The second-order valence-corrected chi connectivity index (χ2v) is 11.9. The molecule has 1 aromatic rings. The summed E-state index contributed by atoms with van der Waals surface area (Å²) >= 11 is 6.01. The van der Waals surface area contributed by atoms with Gasteiger partial charge in [-0.1, -0.05) is 85.7 Å². The summed E-state index contributed by atoms with van der Waals surface area (Å²) < 4.78 is 40.5. The summed E-state index contributed by atoms with van der Waals surface area (Å²) in [5.41, 5.74) is 1.47. The van der Waals surface area contributed by atoms with Crippen LogP contribution < -0.4 is 5.30 Å². The molecule has 0 aliphatic heterocycles. The van der Waals surface area contributed by atoms with Crippen molar-refractivity contribution in [2.45, 2.75) is 84.5 Å². The minimum absolute atomic E-state index is 0.147. The van der Waals surface area contributed by atoms with Crippen LogP contribution >= 0.6 is 18.5 Å². The smallest absolute Gasteiger partial charge is 0.165 e. The minimum Gasteiger partial charge on any atom is -0.165 e. The van der Waals surface area contributed by atoms with Gasteiger partial charge >= 0.3 is 5.92 Å². The van der Waals surface area contributed by atoms with Crippen molar-refractivity contribution in [2.75, 3.05) is 0 Å². The lowest BCUT2D eigenvalue weighted by Crippen LogP contribution is -2.33. The third-order valence-electron chi connectivity index (χ3n) is 4.01. The Kier molecular flexibility index (Phi) is 5.87. The summed E-state index contributed by atoms with van der Waals surface area (Å²) in [6, 6.07) is 3.85. The van der Waals surface area contributed by atoms with Gasteiger partial charge in [0.1, 0.15) is 7.27 Å². The van der Waals surface area contributed by atoms with E-state index in [0.717, 1.165) is 5.56 Å². The summed E-state index contributed by atoms with van der Waals surface area (Å²) in [5, 5.41) is 0.284. The Morgan fingerprint density at radius 1 is 0.708 bits per heavy atom. The van der Waals surface area contributed by atoms with Gasteiger partial charge in [-0.3, -0.25) is 0 Å². The highest BCUT2D eigenvalue weighted by molar-refractivity contribution is 7.90. The standard InChI is InChI=1S/C19H29ClF3P/c1-16(2,3)12-10-13(17(4,5)6)15(24(20)19(21,22)23)14(11-12)18(7,8)9/h10-11H,1-9H3. The van der Waals surface area contributed by atoms with Crippen LogP contribution in [0.2, 0.25) is 0 Å². The van der Waals surface area contributed by atoms with Gasteiger partial charge in [-0.15, -0.1) is 0 Å². The molecule has 24 heavy (non-hydrogen) atoms. The van der Waals surface area contributed by atoms with Crippen LogP contribution in [0.5, 0.6) is 0 Å². The number of rotatable bonds is 1. The van der Waals surface area contributed by atoms with Crippen LogP contribution in [0, 0.1) is 0 Å². The van der Waals surface area contributed by atoms with E-state index in [1.54, 1.807) is 0 Å². The number of hydrogen-bond acceptors (Lipinski definition) is 0. The van der Waals surface area contributed by atoms with E-state index in [1.165, 1.54) is 0 Å². The Morgan fingerprint density at radius 3 is 1.25 bits per heavy atom. The Morgan fingerprint density at radius 2 is 1.04 bits per heavy atom. The first kappa shape index (κ1) is 21.8. The lowest BCUT2D eigenvalue weighted by Gasteiger charge is -2.35. The van der Waals surface area contributed by atoms with Crippen LogP contribution in [0.1, 0.15) is 79.0 Å². The van der Waals surface area contributed by atoms with Gasteiger partial charge in [0.25, 0.3) is 0 Å². The molecule has 0 radical (unpaired) electrons. The van der Waals surface area contributed by atoms with Crippen LogP contribution in [0.4, 0.5) is 13.2 Å². The average molecular weight is 381 g/mol. The maximum Gasteiger partial charge on any atom is 0.423 e. The molecule has 1 atom stereocenters. The van der Waals surface area contributed by atoms with Gasteiger partial charge in [0, 0.05) is 5.30 Å². The molecule has 0 aliphatic rings. The van der Waals surface area contributed by atoms with Gasteiger partial charge in [-0.2, -0.15) is 13.2 Å². The number of halogens is 4. The molecule has 0 heterocycles. The van der Waals surface area contributed by atoms with Gasteiger partial charge in [-0.05, 0) is 32.9 Å². The Labute approximate surface area is 150 Å². The quantitative estimate of drug-likeness (QED) is 0.446. The predicted octanol–water partition coefficient (Wildman–Crippen LogP) is 7.36. The molecule has 0 N–H and O–H groups in total. The first-order valence-corrected chi connectivity index (χ1v) is 10.3. The lowest BCUT2D eigenvalue weighted by molar-refractivity contribution is -0.0372. The molecule has 0 spiro atoms. The monoisotopic (exact) mass is 380 g/mol. The van der Waals surface area contributed by atoms with Crippen LogP contribution in [-0.4, -0.2) is 5.92 Å². The fourth-order valence-electron chi connectivity index (χ4n) is 2.55. The maximum absolute atomic E-state index is 13.5. The highest BCUT2D eigenvalue weighted by Crippen LogP contribution is 2.59. The first-order valence-electron chi connectivity index (χ1n) is 8.09. The molecule has 1 unspecified atom stereocenters. The second kappa shape index (κ2) is 6.47. The molecule has 0 bridgehead atoms. The molecule has 138 valence electrons. The zero-order valence-electron chi connectivity index (χ0n) is 16.1. The van der Waals surface area contributed by atoms with E-state index in [9.17, 15) is 13.2 Å². The van der Waals surface area contributed by atoms with E-state index < -0.39 is 24.0 Å². The molecule has 5 heteroatoms. The molecule has 0 fully saturated rings. The third-order valence-corrected chi connectivity index (χ3v) is 6.41. The number of hydrogen-bond donors (Lipinski definition) is 0. The molecular weight excluding hydrogens is 352 g/mol. The maximum atomic E-state index is 13.5. The molecule has 0 amide bonds. The molecule has 1 aromatic carbocycles. The van der Waals surface area contributed by atoms with Crippen molar-refractivity contribution < 1.29 is 13.2 Å². The second-order valence-electron chi connectivity index (χ2n) is 9.42. The Hall–Kier alpha value is -0.270. The van der Waals surface area contributed by atoms with E-state index in [4.69, 9.17) is 11.2 Å². The highest BCUT2D eigenvalue weighted by Gasteiger charge is 2.44. The SMILES string of the molecule is CC(C)(C)c1cc(C(C)(C)C)c(P(Cl)C(F)(F)F)c(C(C)(C)C)c1. The Bertz CT molecular complexity index is 564. The summed E-state index contributed by atoms with van der Waals surface area (Å²) in [4.78, 5) is 0. The molecule has 0 aliphatic carbocycles. The van der Waals surface area contributed by atoms with Crippen molar-refractivity contribution in [1.82, 2.24) is 0 Å². The fraction of sp³-hybridized carbons (Fsp3) is 0.684. The Balaban J connectivity index is 3.96. The molecular formula is C19H29ClF3P. The molecule has 0 nitrogen and oxygen atoms in total. The van der Waals surface area contributed by atoms with Gasteiger partial charge in [0.15, 0.2) is 0 Å². The van der Waals surface area contributed by atoms with Crippen LogP contribution in [0.25, 0.3) is 0 Å². The summed E-state index contributed by atoms with van der Waals surface area (Å²) in [5.74, 6) is -4.42. The lowest BCUT2D eigenvalue weighted by atomic mass is 9.75. The van der Waals surface area contributed by atoms with Crippen molar-refractivity contribution in [1.29, 1.82) is 0 Å². The van der Waals surface area contributed by atoms with Crippen LogP contribution in [-0.2, 0) is 16.2 Å². The summed E-state index contributed by atoms with van der Waals surface area (Å²) in [6.07, 6.45) is 0. The van der Waals surface area contributed by atoms with E-state index >= 15 is 0 Å². The van der Waals surface area contributed by atoms with Crippen molar-refractivity contribution in [2.24, 2.45) is 0 Å².